The van der Waals surface area contributed by atoms with E-state index in [4.69, 9.17) is 14.6 Å². The Balaban J connectivity index is 1.64. The highest BCUT2D eigenvalue weighted by Crippen LogP contribution is 2.37. The van der Waals surface area contributed by atoms with Gasteiger partial charge in [-0.3, -0.25) is 9.59 Å². The zero-order valence-corrected chi connectivity index (χ0v) is 15.4. The Kier molecular flexibility index (Phi) is 5.53. The van der Waals surface area contributed by atoms with Crippen molar-refractivity contribution >= 4 is 17.8 Å². The first-order valence-corrected chi connectivity index (χ1v) is 9.10. The van der Waals surface area contributed by atoms with Gasteiger partial charge in [0.2, 0.25) is 5.91 Å². The molecule has 8 nitrogen and oxygen atoms in total. The van der Waals surface area contributed by atoms with Crippen molar-refractivity contribution in [2.24, 2.45) is 5.92 Å². The second kappa shape index (κ2) is 7.85. The number of amides is 2. The fraction of sp³-hybridized carbons (Fsp3) is 0.526. The van der Waals surface area contributed by atoms with Crippen LogP contribution in [0.25, 0.3) is 0 Å². The Morgan fingerprint density at radius 3 is 2.67 bits per heavy atom. The van der Waals surface area contributed by atoms with Gasteiger partial charge in [0.1, 0.15) is 0 Å². The van der Waals surface area contributed by atoms with E-state index in [-0.39, 0.29) is 23.6 Å². The van der Waals surface area contributed by atoms with Gasteiger partial charge in [-0.1, -0.05) is 6.92 Å². The van der Waals surface area contributed by atoms with E-state index in [2.05, 4.69) is 12.2 Å². The van der Waals surface area contributed by atoms with Gasteiger partial charge in [-0.25, -0.2) is 4.79 Å². The van der Waals surface area contributed by atoms with Gasteiger partial charge in [0, 0.05) is 24.6 Å². The third-order valence-corrected chi connectivity index (χ3v) is 4.82. The van der Waals surface area contributed by atoms with Crippen molar-refractivity contribution in [1.29, 1.82) is 0 Å². The molecule has 1 saturated carbocycles. The topological polar surface area (TPSA) is 105 Å². The van der Waals surface area contributed by atoms with Crippen molar-refractivity contribution in [2.75, 3.05) is 19.8 Å². The molecular formula is C19H24N2O6. The Morgan fingerprint density at radius 1 is 1.30 bits per heavy atom. The lowest BCUT2D eigenvalue weighted by Gasteiger charge is -2.17. The number of nitrogens with one attached hydrogen (secondary N) is 1. The van der Waals surface area contributed by atoms with Gasteiger partial charge in [-0.05, 0) is 37.5 Å². The fourth-order valence-corrected chi connectivity index (χ4v) is 3.33. The molecule has 0 radical (unpaired) electrons. The number of carbonyl (C=O) groups is 3. The molecule has 1 saturated heterocycles. The Labute approximate surface area is 157 Å². The summed E-state index contributed by atoms with van der Waals surface area (Å²) < 4.78 is 10.6. The van der Waals surface area contributed by atoms with E-state index in [1.54, 1.807) is 13.0 Å². The van der Waals surface area contributed by atoms with Crippen molar-refractivity contribution < 1.29 is 29.0 Å². The van der Waals surface area contributed by atoms with Crippen LogP contribution in [-0.2, 0) is 9.59 Å². The van der Waals surface area contributed by atoms with Crippen LogP contribution in [0.2, 0.25) is 0 Å². The Hall–Kier alpha value is -2.77. The van der Waals surface area contributed by atoms with Crippen molar-refractivity contribution in [3.8, 4) is 11.5 Å². The first-order valence-electron chi connectivity index (χ1n) is 9.10. The van der Waals surface area contributed by atoms with Crippen LogP contribution in [0.4, 0.5) is 0 Å². The van der Waals surface area contributed by atoms with Crippen molar-refractivity contribution in [3.05, 3.63) is 23.8 Å². The summed E-state index contributed by atoms with van der Waals surface area (Å²) >= 11 is 0. The molecule has 1 aromatic rings. The summed E-state index contributed by atoms with van der Waals surface area (Å²) in [6.07, 6.45) is 1.34. The number of hydrogen-bond acceptors (Lipinski definition) is 5. The largest absolute Gasteiger partial charge is 0.490 e. The van der Waals surface area contributed by atoms with Crippen LogP contribution in [0.1, 0.15) is 37.0 Å². The standard InChI is InChI=1S/C19H24N2O6/c1-3-26-16-7-12(4-5-15(16)27-10-18(23)24)19(25)20-13-8-17(22)21(9-13)14-6-11(14)2/h4-5,7,11,13-14H,3,6,8-10H2,1-2H3,(H,20,25)(H,23,24)/t11-,13+,14-/m0/s1. The molecule has 0 spiro atoms. The maximum atomic E-state index is 12.6. The molecule has 146 valence electrons. The van der Waals surface area contributed by atoms with Gasteiger partial charge >= 0.3 is 5.97 Å². The average molecular weight is 376 g/mol. The molecule has 2 amide bonds. The van der Waals surface area contributed by atoms with Gasteiger partial charge < -0.3 is 24.8 Å². The number of rotatable bonds is 8. The maximum Gasteiger partial charge on any atom is 0.341 e. The maximum absolute atomic E-state index is 12.6. The van der Waals surface area contributed by atoms with Crippen molar-refractivity contribution in [2.45, 2.75) is 38.8 Å². The highest BCUT2D eigenvalue weighted by atomic mass is 16.5. The first kappa shape index (κ1) is 19.0. The van der Waals surface area contributed by atoms with E-state index in [0.717, 1.165) is 6.42 Å². The normalized spacial score (nSPS) is 23.9. The fourth-order valence-electron chi connectivity index (χ4n) is 3.33. The van der Waals surface area contributed by atoms with E-state index in [0.29, 0.717) is 42.8 Å². The monoisotopic (exact) mass is 376 g/mol. The SMILES string of the molecule is CCOc1cc(C(=O)N[C@@H]2CC(=O)N([C@H]3C[C@@H]3C)C2)ccc1OCC(=O)O. The minimum absolute atomic E-state index is 0.0853. The minimum atomic E-state index is -1.10. The van der Waals surface area contributed by atoms with E-state index >= 15 is 0 Å². The van der Waals surface area contributed by atoms with Gasteiger partial charge in [-0.15, -0.1) is 0 Å². The molecule has 2 fully saturated rings. The van der Waals surface area contributed by atoms with E-state index in [1.807, 2.05) is 4.90 Å². The third kappa shape index (κ3) is 4.50. The number of hydrogen-bond donors (Lipinski definition) is 2. The number of aliphatic carboxylic acids is 1. The molecule has 0 unspecified atom stereocenters. The molecule has 2 N–H and O–H groups in total. The lowest BCUT2D eigenvalue weighted by Crippen LogP contribution is -2.37. The number of carboxylic acid groups (broad SMARTS) is 1. The van der Waals surface area contributed by atoms with Gasteiger partial charge in [-0.2, -0.15) is 0 Å². The molecule has 0 aromatic heterocycles. The van der Waals surface area contributed by atoms with Crippen LogP contribution < -0.4 is 14.8 Å². The zero-order chi connectivity index (χ0) is 19.6. The molecule has 3 rings (SSSR count). The van der Waals surface area contributed by atoms with Crippen LogP contribution >= 0.6 is 0 Å². The van der Waals surface area contributed by atoms with Crippen molar-refractivity contribution in [1.82, 2.24) is 10.2 Å². The second-order valence-corrected chi connectivity index (χ2v) is 6.98. The average Bonchev–Trinajstić information content (AvgIpc) is 3.23. The smallest absolute Gasteiger partial charge is 0.341 e. The molecule has 8 heteroatoms. The summed E-state index contributed by atoms with van der Waals surface area (Å²) in [5.74, 6) is -0.204. The molecule has 1 aliphatic heterocycles. The molecular weight excluding hydrogens is 352 g/mol. The minimum Gasteiger partial charge on any atom is -0.490 e. The van der Waals surface area contributed by atoms with Gasteiger partial charge in [0.25, 0.3) is 5.91 Å². The number of carbonyl (C=O) groups excluding carboxylic acids is 2. The van der Waals surface area contributed by atoms with E-state index < -0.39 is 12.6 Å². The van der Waals surface area contributed by atoms with Crippen LogP contribution in [0.5, 0.6) is 11.5 Å². The lowest BCUT2D eigenvalue weighted by atomic mass is 10.1. The summed E-state index contributed by atoms with van der Waals surface area (Å²) in [6.45, 7) is 4.29. The Bertz CT molecular complexity index is 750. The molecule has 1 aromatic carbocycles. The second-order valence-electron chi connectivity index (χ2n) is 6.98. The lowest BCUT2D eigenvalue weighted by molar-refractivity contribution is -0.139. The third-order valence-electron chi connectivity index (χ3n) is 4.82. The number of nitrogens with zero attached hydrogens (tertiary/aromatic N) is 1. The molecule has 27 heavy (non-hydrogen) atoms. The molecule has 1 heterocycles. The summed E-state index contributed by atoms with van der Waals surface area (Å²) in [5, 5.41) is 11.6. The first-order chi connectivity index (χ1) is 12.9. The number of ether oxygens (including phenoxy) is 2. The number of carboxylic acids is 1. The van der Waals surface area contributed by atoms with E-state index in [1.165, 1.54) is 12.1 Å². The molecule has 2 aliphatic rings. The predicted molar refractivity (Wildman–Crippen MR) is 95.9 cm³/mol. The summed E-state index contributed by atoms with van der Waals surface area (Å²) in [7, 11) is 0. The Morgan fingerprint density at radius 2 is 2.04 bits per heavy atom. The van der Waals surface area contributed by atoms with Gasteiger partial charge in [0.05, 0.1) is 12.6 Å². The van der Waals surface area contributed by atoms with E-state index in [9.17, 15) is 14.4 Å². The summed E-state index contributed by atoms with van der Waals surface area (Å²) in [4.78, 5) is 37.2. The van der Waals surface area contributed by atoms with Gasteiger partial charge in [0.15, 0.2) is 18.1 Å². The highest BCUT2D eigenvalue weighted by Gasteiger charge is 2.44. The number of benzene rings is 1. The highest BCUT2D eigenvalue weighted by molar-refractivity contribution is 5.95. The predicted octanol–water partition coefficient (Wildman–Crippen LogP) is 1.29. The quantitative estimate of drug-likeness (QED) is 0.708. The van der Waals surface area contributed by atoms with Crippen LogP contribution in [0.15, 0.2) is 18.2 Å². The number of likely N-dealkylation sites (tertiary alicyclic amines) is 1. The summed E-state index contributed by atoms with van der Waals surface area (Å²) in [6, 6.07) is 4.69. The van der Waals surface area contributed by atoms with Crippen LogP contribution in [0, 0.1) is 5.92 Å². The summed E-state index contributed by atoms with van der Waals surface area (Å²) in [5.41, 5.74) is 0.367. The van der Waals surface area contributed by atoms with Crippen LogP contribution in [0.3, 0.4) is 0 Å². The van der Waals surface area contributed by atoms with Crippen molar-refractivity contribution in [3.63, 3.8) is 0 Å². The molecule has 1 aliphatic carbocycles. The zero-order valence-electron chi connectivity index (χ0n) is 15.4. The molecule has 0 bridgehead atoms. The molecule has 3 atom stereocenters. The van der Waals surface area contributed by atoms with Crippen LogP contribution in [-0.4, -0.2) is 59.6 Å².